The van der Waals surface area contributed by atoms with Crippen molar-refractivity contribution in [1.29, 1.82) is 0 Å². The van der Waals surface area contributed by atoms with Crippen molar-refractivity contribution in [2.24, 2.45) is 0 Å². The van der Waals surface area contributed by atoms with E-state index in [0.29, 0.717) is 0 Å². The molecule has 0 fully saturated rings. The average molecular weight is 270 g/mol. The van der Waals surface area contributed by atoms with Gasteiger partial charge in [-0.1, -0.05) is 54.6 Å². The molecule has 1 N–H and O–H groups in total. The standard InChI is InChI=1S/C19H14N2/c1-2-8-15-14(7-1)13-18(17-10-4-3-9-16(15)17)21-19-11-5-6-12-20-19/h1-13H,(H,20,21). The molecule has 1 aromatic heterocycles. The second-order valence-corrected chi connectivity index (χ2v) is 5.03. The van der Waals surface area contributed by atoms with Gasteiger partial charge in [0.2, 0.25) is 0 Å². The van der Waals surface area contributed by atoms with Crippen LogP contribution >= 0.6 is 0 Å². The molecule has 100 valence electrons. The first-order valence-electron chi connectivity index (χ1n) is 7.00. The molecule has 0 aliphatic rings. The minimum atomic E-state index is 0.859. The molecule has 0 bridgehead atoms. The minimum absolute atomic E-state index is 0.859. The maximum absolute atomic E-state index is 4.35. The maximum atomic E-state index is 4.35. The molecule has 0 aliphatic heterocycles. The van der Waals surface area contributed by atoms with Crippen LogP contribution in [0.1, 0.15) is 0 Å². The lowest BCUT2D eigenvalue weighted by Gasteiger charge is -2.12. The summed E-state index contributed by atoms with van der Waals surface area (Å²) in [6, 6.07) is 25.0. The largest absolute Gasteiger partial charge is 0.340 e. The summed E-state index contributed by atoms with van der Waals surface area (Å²) in [5, 5.41) is 8.40. The molecule has 0 aliphatic carbocycles. The molecule has 0 saturated carbocycles. The highest BCUT2D eigenvalue weighted by Gasteiger charge is 2.06. The van der Waals surface area contributed by atoms with E-state index < -0.39 is 0 Å². The zero-order chi connectivity index (χ0) is 14.1. The molecule has 4 aromatic rings. The number of nitrogens with zero attached hydrogens (tertiary/aromatic N) is 1. The number of benzene rings is 3. The van der Waals surface area contributed by atoms with Gasteiger partial charge in [0, 0.05) is 17.3 Å². The zero-order valence-electron chi connectivity index (χ0n) is 11.5. The number of hydrogen-bond donors (Lipinski definition) is 1. The summed E-state index contributed by atoms with van der Waals surface area (Å²) in [4.78, 5) is 4.35. The topological polar surface area (TPSA) is 24.9 Å². The highest BCUT2D eigenvalue weighted by Crippen LogP contribution is 2.32. The Morgan fingerprint density at radius 2 is 1.38 bits per heavy atom. The van der Waals surface area contributed by atoms with E-state index in [0.717, 1.165) is 11.5 Å². The highest BCUT2D eigenvalue weighted by atomic mass is 15.0. The fraction of sp³-hybridized carbons (Fsp3) is 0. The fourth-order valence-electron chi connectivity index (χ4n) is 2.73. The van der Waals surface area contributed by atoms with Crippen LogP contribution in [-0.2, 0) is 0 Å². The predicted octanol–water partition coefficient (Wildman–Crippen LogP) is 5.13. The van der Waals surface area contributed by atoms with Gasteiger partial charge in [0.15, 0.2) is 0 Å². The van der Waals surface area contributed by atoms with Crippen molar-refractivity contribution in [3.63, 3.8) is 0 Å². The Balaban J connectivity index is 1.98. The summed E-state index contributed by atoms with van der Waals surface area (Å²) in [6.07, 6.45) is 1.80. The number of rotatable bonds is 2. The lowest BCUT2D eigenvalue weighted by atomic mass is 10.0. The van der Waals surface area contributed by atoms with E-state index in [1.54, 1.807) is 6.20 Å². The zero-order valence-corrected chi connectivity index (χ0v) is 11.5. The smallest absolute Gasteiger partial charge is 0.130 e. The minimum Gasteiger partial charge on any atom is -0.340 e. The van der Waals surface area contributed by atoms with Crippen LogP contribution in [0.15, 0.2) is 79.0 Å². The number of hydrogen-bond acceptors (Lipinski definition) is 2. The van der Waals surface area contributed by atoms with E-state index in [9.17, 15) is 0 Å². The fourth-order valence-corrected chi connectivity index (χ4v) is 2.73. The molecule has 4 rings (SSSR count). The lowest BCUT2D eigenvalue weighted by Crippen LogP contribution is -1.94. The molecule has 2 heteroatoms. The van der Waals surface area contributed by atoms with Crippen molar-refractivity contribution in [1.82, 2.24) is 4.98 Å². The number of aromatic nitrogens is 1. The van der Waals surface area contributed by atoms with Gasteiger partial charge in [-0.05, 0) is 34.4 Å². The first kappa shape index (κ1) is 11.9. The van der Waals surface area contributed by atoms with Gasteiger partial charge in [-0.15, -0.1) is 0 Å². The van der Waals surface area contributed by atoms with Gasteiger partial charge in [-0.25, -0.2) is 4.98 Å². The number of anilines is 2. The van der Waals surface area contributed by atoms with Crippen LogP contribution in [-0.4, -0.2) is 4.98 Å². The molecule has 0 saturated heterocycles. The van der Waals surface area contributed by atoms with Crippen molar-refractivity contribution in [3.05, 3.63) is 79.0 Å². The molecule has 0 unspecified atom stereocenters. The van der Waals surface area contributed by atoms with Crippen LogP contribution in [0.4, 0.5) is 11.5 Å². The highest BCUT2D eigenvalue weighted by molar-refractivity contribution is 6.13. The lowest BCUT2D eigenvalue weighted by molar-refractivity contribution is 1.31. The van der Waals surface area contributed by atoms with E-state index in [4.69, 9.17) is 0 Å². The Bertz CT molecular complexity index is 914. The first-order valence-corrected chi connectivity index (χ1v) is 7.00. The number of fused-ring (bicyclic) bond motifs is 3. The summed E-state index contributed by atoms with van der Waals surface area (Å²) in [5.74, 6) is 0.859. The molecule has 1 heterocycles. The summed E-state index contributed by atoms with van der Waals surface area (Å²) in [6.45, 7) is 0. The van der Waals surface area contributed by atoms with Crippen molar-refractivity contribution in [2.75, 3.05) is 5.32 Å². The van der Waals surface area contributed by atoms with Gasteiger partial charge in [0.1, 0.15) is 5.82 Å². The quantitative estimate of drug-likeness (QED) is 0.511. The van der Waals surface area contributed by atoms with E-state index in [1.165, 1.54) is 21.5 Å². The second kappa shape index (κ2) is 4.91. The van der Waals surface area contributed by atoms with Crippen LogP contribution in [0, 0.1) is 0 Å². The predicted molar refractivity (Wildman–Crippen MR) is 89.0 cm³/mol. The van der Waals surface area contributed by atoms with Crippen molar-refractivity contribution in [2.45, 2.75) is 0 Å². The average Bonchev–Trinajstić information content (AvgIpc) is 2.56. The number of pyridine rings is 1. The summed E-state index contributed by atoms with van der Waals surface area (Å²) < 4.78 is 0. The third kappa shape index (κ3) is 2.11. The van der Waals surface area contributed by atoms with Crippen molar-refractivity contribution in [3.8, 4) is 0 Å². The van der Waals surface area contributed by atoms with E-state index >= 15 is 0 Å². The Morgan fingerprint density at radius 3 is 2.19 bits per heavy atom. The Kier molecular flexibility index (Phi) is 2.79. The van der Waals surface area contributed by atoms with Crippen LogP contribution in [0.5, 0.6) is 0 Å². The summed E-state index contributed by atoms with van der Waals surface area (Å²) in [5.41, 5.74) is 1.09. The van der Waals surface area contributed by atoms with E-state index in [-0.39, 0.29) is 0 Å². The molecule has 2 nitrogen and oxygen atoms in total. The summed E-state index contributed by atoms with van der Waals surface area (Å²) >= 11 is 0. The van der Waals surface area contributed by atoms with Crippen LogP contribution in [0.2, 0.25) is 0 Å². The van der Waals surface area contributed by atoms with Gasteiger partial charge in [-0.2, -0.15) is 0 Å². The van der Waals surface area contributed by atoms with Crippen molar-refractivity contribution < 1.29 is 0 Å². The van der Waals surface area contributed by atoms with Crippen molar-refractivity contribution >= 4 is 33.1 Å². The number of nitrogens with one attached hydrogen (secondary N) is 1. The maximum Gasteiger partial charge on any atom is 0.130 e. The molecule has 0 atom stereocenters. The van der Waals surface area contributed by atoms with Gasteiger partial charge in [0.05, 0.1) is 0 Å². The molecule has 0 radical (unpaired) electrons. The van der Waals surface area contributed by atoms with Crippen LogP contribution in [0.25, 0.3) is 21.5 Å². The van der Waals surface area contributed by atoms with Gasteiger partial charge < -0.3 is 5.32 Å². The van der Waals surface area contributed by atoms with E-state index in [1.807, 2.05) is 18.2 Å². The normalized spacial score (nSPS) is 10.9. The SMILES string of the molecule is c1ccc(Nc2cc3ccccc3c3ccccc23)nc1. The molecule has 0 spiro atoms. The van der Waals surface area contributed by atoms with Crippen LogP contribution in [0.3, 0.4) is 0 Å². The van der Waals surface area contributed by atoms with Gasteiger partial charge in [-0.3, -0.25) is 0 Å². The summed E-state index contributed by atoms with van der Waals surface area (Å²) in [7, 11) is 0. The Labute approximate surface area is 123 Å². The van der Waals surface area contributed by atoms with E-state index in [2.05, 4.69) is 64.9 Å². The second-order valence-electron chi connectivity index (χ2n) is 5.03. The molecule has 21 heavy (non-hydrogen) atoms. The van der Waals surface area contributed by atoms with Crippen LogP contribution < -0.4 is 5.32 Å². The molecule has 3 aromatic carbocycles. The van der Waals surface area contributed by atoms with Gasteiger partial charge in [0.25, 0.3) is 0 Å². The molecular formula is C19H14N2. The Morgan fingerprint density at radius 1 is 0.667 bits per heavy atom. The third-order valence-corrected chi connectivity index (χ3v) is 3.70. The Hall–Kier alpha value is -2.87. The first-order chi connectivity index (χ1) is 10.4. The molecule has 0 amide bonds. The van der Waals surface area contributed by atoms with Gasteiger partial charge >= 0.3 is 0 Å². The monoisotopic (exact) mass is 270 g/mol. The third-order valence-electron chi connectivity index (χ3n) is 3.70. The molecular weight excluding hydrogens is 256 g/mol.